The van der Waals surface area contributed by atoms with Gasteiger partial charge in [0.2, 0.25) is 5.95 Å². The molecular weight excluding hydrogens is 353 g/mol. The van der Waals surface area contributed by atoms with E-state index in [4.69, 9.17) is 11.6 Å². The van der Waals surface area contributed by atoms with Crippen LogP contribution in [0.3, 0.4) is 0 Å². The van der Waals surface area contributed by atoms with E-state index >= 15 is 0 Å². The van der Waals surface area contributed by atoms with Crippen LogP contribution in [0.4, 0.5) is 21.8 Å². The van der Waals surface area contributed by atoms with Crippen LogP contribution in [0, 0.1) is 5.82 Å². The Hall–Kier alpha value is -2.73. The fourth-order valence-corrected chi connectivity index (χ4v) is 2.64. The molecule has 0 aliphatic rings. The van der Waals surface area contributed by atoms with E-state index in [0.29, 0.717) is 24.0 Å². The van der Waals surface area contributed by atoms with Crippen molar-refractivity contribution in [3.8, 4) is 0 Å². The standard InChI is InChI=1S/C19H19ClFN5/c1-13(2)26(12-14-6-4-3-5-7-14)19-24-18(11-22-25-19)23-15-8-9-17(21)16(20)10-15/h3-11,13H,12H2,1-2H3,(H,23,24,25). The highest BCUT2D eigenvalue weighted by Gasteiger charge is 2.15. The highest BCUT2D eigenvalue weighted by atomic mass is 35.5. The van der Waals surface area contributed by atoms with E-state index in [1.807, 2.05) is 18.2 Å². The SMILES string of the molecule is CC(C)N(Cc1ccccc1)c1nncc(Nc2ccc(F)c(Cl)c2)n1. The van der Waals surface area contributed by atoms with Gasteiger partial charge < -0.3 is 10.2 Å². The van der Waals surface area contributed by atoms with Gasteiger partial charge in [-0.1, -0.05) is 41.9 Å². The second-order valence-corrected chi connectivity index (χ2v) is 6.51. The van der Waals surface area contributed by atoms with Crippen molar-refractivity contribution < 1.29 is 4.39 Å². The van der Waals surface area contributed by atoms with Crippen LogP contribution in [-0.2, 0) is 6.54 Å². The van der Waals surface area contributed by atoms with Crippen LogP contribution in [-0.4, -0.2) is 21.2 Å². The van der Waals surface area contributed by atoms with Gasteiger partial charge in [0.05, 0.1) is 11.2 Å². The summed E-state index contributed by atoms with van der Waals surface area (Å²) < 4.78 is 13.3. The first-order valence-electron chi connectivity index (χ1n) is 8.25. The molecule has 134 valence electrons. The number of anilines is 3. The van der Waals surface area contributed by atoms with Gasteiger partial charge in [-0.05, 0) is 37.6 Å². The number of benzene rings is 2. The van der Waals surface area contributed by atoms with Crippen molar-refractivity contribution in [1.29, 1.82) is 0 Å². The molecule has 0 bridgehead atoms. The molecule has 0 amide bonds. The predicted molar refractivity (Wildman–Crippen MR) is 102 cm³/mol. The summed E-state index contributed by atoms with van der Waals surface area (Å²) in [6.07, 6.45) is 1.52. The Morgan fingerprint density at radius 3 is 2.62 bits per heavy atom. The Morgan fingerprint density at radius 2 is 1.92 bits per heavy atom. The molecule has 1 heterocycles. The van der Waals surface area contributed by atoms with E-state index in [2.05, 4.69) is 51.4 Å². The predicted octanol–water partition coefficient (Wildman–Crippen LogP) is 4.82. The van der Waals surface area contributed by atoms with Gasteiger partial charge in [-0.2, -0.15) is 10.1 Å². The minimum absolute atomic E-state index is 0.0464. The molecule has 7 heteroatoms. The summed E-state index contributed by atoms with van der Waals surface area (Å²) in [4.78, 5) is 6.60. The number of aromatic nitrogens is 3. The smallest absolute Gasteiger partial charge is 0.247 e. The van der Waals surface area contributed by atoms with Gasteiger partial charge in [-0.15, -0.1) is 5.10 Å². The molecule has 0 atom stereocenters. The number of hydrogen-bond donors (Lipinski definition) is 1. The van der Waals surface area contributed by atoms with Crippen molar-refractivity contribution in [2.24, 2.45) is 0 Å². The number of hydrogen-bond acceptors (Lipinski definition) is 5. The molecule has 0 saturated carbocycles. The highest BCUT2D eigenvalue weighted by Crippen LogP contribution is 2.23. The van der Waals surface area contributed by atoms with Gasteiger partial charge in [0.25, 0.3) is 0 Å². The van der Waals surface area contributed by atoms with Gasteiger partial charge in [-0.25, -0.2) is 4.39 Å². The summed E-state index contributed by atoms with van der Waals surface area (Å²) in [5.41, 5.74) is 1.79. The third-order valence-electron chi connectivity index (χ3n) is 3.82. The lowest BCUT2D eigenvalue weighted by molar-refractivity contribution is 0.628. The zero-order chi connectivity index (χ0) is 18.5. The molecule has 0 aliphatic heterocycles. The number of nitrogens with one attached hydrogen (secondary N) is 1. The molecule has 0 spiro atoms. The van der Waals surface area contributed by atoms with Crippen molar-refractivity contribution in [3.63, 3.8) is 0 Å². The molecule has 0 unspecified atom stereocenters. The first-order valence-corrected chi connectivity index (χ1v) is 8.63. The second-order valence-electron chi connectivity index (χ2n) is 6.10. The topological polar surface area (TPSA) is 53.9 Å². The lowest BCUT2D eigenvalue weighted by Crippen LogP contribution is -2.32. The first kappa shape index (κ1) is 18.1. The lowest BCUT2D eigenvalue weighted by Gasteiger charge is -2.26. The van der Waals surface area contributed by atoms with E-state index in [0.717, 1.165) is 5.56 Å². The largest absolute Gasteiger partial charge is 0.339 e. The summed E-state index contributed by atoms with van der Waals surface area (Å²) in [6, 6.07) is 14.7. The van der Waals surface area contributed by atoms with E-state index in [9.17, 15) is 4.39 Å². The van der Waals surface area contributed by atoms with E-state index in [1.54, 1.807) is 6.07 Å². The van der Waals surface area contributed by atoms with Crippen LogP contribution in [0.2, 0.25) is 5.02 Å². The average molecular weight is 372 g/mol. The van der Waals surface area contributed by atoms with Crippen LogP contribution in [0.1, 0.15) is 19.4 Å². The van der Waals surface area contributed by atoms with Crippen molar-refractivity contribution >= 4 is 29.1 Å². The zero-order valence-electron chi connectivity index (χ0n) is 14.5. The van der Waals surface area contributed by atoms with E-state index in [1.165, 1.54) is 18.3 Å². The van der Waals surface area contributed by atoms with Gasteiger partial charge in [0, 0.05) is 18.3 Å². The molecule has 0 fully saturated rings. The molecule has 0 saturated heterocycles. The monoisotopic (exact) mass is 371 g/mol. The van der Waals surface area contributed by atoms with Crippen molar-refractivity contribution in [1.82, 2.24) is 15.2 Å². The minimum Gasteiger partial charge on any atom is -0.339 e. The third-order valence-corrected chi connectivity index (χ3v) is 4.11. The summed E-state index contributed by atoms with van der Waals surface area (Å²) in [6.45, 7) is 4.82. The molecule has 3 rings (SSSR count). The molecule has 1 aromatic heterocycles. The van der Waals surface area contributed by atoms with Crippen LogP contribution in [0.25, 0.3) is 0 Å². The average Bonchev–Trinajstić information content (AvgIpc) is 2.64. The normalized spacial score (nSPS) is 10.8. The highest BCUT2D eigenvalue weighted by molar-refractivity contribution is 6.31. The summed E-state index contributed by atoms with van der Waals surface area (Å²) >= 11 is 5.82. The van der Waals surface area contributed by atoms with Gasteiger partial charge in [0.15, 0.2) is 5.82 Å². The van der Waals surface area contributed by atoms with Gasteiger partial charge in [0.1, 0.15) is 5.82 Å². The quantitative estimate of drug-likeness (QED) is 0.673. The summed E-state index contributed by atoms with van der Waals surface area (Å²) in [7, 11) is 0. The maximum atomic E-state index is 13.3. The molecule has 26 heavy (non-hydrogen) atoms. The zero-order valence-corrected chi connectivity index (χ0v) is 15.3. The lowest BCUT2D eigenvalue weighted by atomic mass is 10.2. The molecule has 2 aromatic carbocycles. The molecular formula is C19H19ClFN5. The van der Waals surface area contributed by atoms with Gasteiger partial charge >= 0.3 is 0 Å². The van der Waals surface area contributed by atoms with Crippen LogP contribution in [0.15, 0.2) is 54.7 Å². The van der Waals surface area contributed by atoms with Gasteiger partial charge in [-0.3, -0.25) is 0 Å². The molecule has 5 nitrogen and oxygen atoms in total. The Bertz CT molecular complexity index is 873. The van der Waals surface area contributed by atoms with Crippen molar-refractivity contribution in [3.05, 3.63) is 71.1 Å². The second kappa shape index (κ2) is 8.10. The van der Waals surface area contributed by atoms with Crippen LogP contribution in [0.5, 0.6) is 0 Å². The number of rotatable bonds is 6. The minimum atomic E-state index is -0.465. The first-order chi connectivity index (χ1) is 12.5. The Labute approximate surface area is 156 Å². The number of halogens is 2. The van der Waals surface area contributed by atoms with Crippen molar-refractivity contribution in [2.45, 2.75) is 26.4 Å². The molecule has 0 radical (unpaired) electrons. The Morgan fingerprint density at radius 1 is 1.15 bits per heavy atom. The number of nitrogens with zero attached hydrogens (tertiary/aromatic N) is 4. The molecule has 3 aromatic rings. The molecule has 0 aliphatic carbocycles. The molecule has 1 N–H and O–H groups in total. The van der Waals surface area contributed by atoms with Crippen molar-refractivity contribution in [2.75, 3.05) is 10.2 Å². The maximum absolute atomic E-state index is 13.3. The fraction of sp³-hybridized carbons (Fsp3) is 0.211. The Balaban J connectivity index is 1.82. The maximum Gasteiger partial charge on any atom is 0.247 e. The summed E-state index contributed by atoms with van der Waals surface area (Å²) in [5.74, 6) is 0.561. The summed E-state index contributed by atoms with van der Waals surface area (Å²) in [5, 5.41) is 11.3. The Kier molecular flexibility index (Phi) is 5.63. The van der Waals surface area contributed by atoms with E-state index < -0.39 is 5.82 Å². The van der Waals surface area contributed by atoms with Crippen LogP contribution >= 0.6 is 11.6 Å². The van der Waals surface area contributed by atoms with E-state index in [-0.39, 0.29) is 11.1 Å². The third kappa shape index (κ3) is 4.46. The van der Waals surface area contributed by atoms with Crippen LogP contribution < -0.4 is 10.2 Å². The fourth-order valence-electron chi connectivity index (χ4n) is 2.46.